The maximum Gasteiger partial charge on any atom is 0.256 e. The number of hydrogen-bond donors (Lipinski definition) is 0. The number of ether oxygens (including phenoxy) is 1. The maximum atomic E-state index is 13.8. The molecule has 2 aromatic carbocycles. The molecule has 2 heterocycles. The smallest absolute Gasteiger partial charge is 0.256 e. The average Bonchev–Trinajstić information content (AvgIpc) is 2.78. The molecule has 1 aliphatic heterocycles. The van der Waals surface area contributed by atoms with Crippen LogP contribution >= 0.6 is 0 Å². The topological polar surface area (TPSA) is 45.7 Å². The van der Waals surface area contributed by atoms with Crippen molar-refractivity contribution < 1.29 is 9.53 Å². The van der Waals surface area contributed by atoms with Crippen molar-refractivity contribution in [2.45, 2.75) is 33.4 Å². The van der Waals surface area contributed by atoms with Gasteiger partial charge in [0.25, 0.3) is 5.91 Å². The van der Waals surface area contributed by atoms with Gasteiger partial charge in [0.05, 0.1) is 30.0 Å². The summed E-state index contributed by atoms with van der Waals surface area (Å²) in [5.41, 5.74) is 4.70. The van der Waals surface area contributed by atoms with Crippen LogP contribution in [0.3, 0.4) is 0 Å². The van der Waals surface area contributed by atoms with Gasteiger partial charge in [-0.2, -0.15) is 0 Å². The number of rotatable bonds is 6. The van der Waals surface area contributed by atoms with Crippen LogP contribution in [-0.4, -0.2) is 59.6 Å². The van der Waals surface area contributed by atoms with Crippen molar-refractivity contribution in [1.29, 1.82) is 0 Å². The van der Waals surface area contributed by atoms with Gasteiger partial charge < -0.3 is 9.64 Å². The molecule has 0 N–H and O–H groups in total. The lowest BCUT2D eigenvalue weighted by molar-refractivity contribution is 0.0228. The fourth-order valence-electron chi connectivity index (χ4n) is 4.21. The standard InChI is InChI=1S/C26H31N3O2/c1-19-9-10-23-16-24(21(3)27-25(23)15-19)26(30)29(18-22-7-5-4-6-8-22)20(2)17-28-11-13-31-14-12-28/h4-10,15-16,20H,11-14,17-18H2,1-3H3. The van der Waals surface area contributed by atoms with Gasteiger partial charge in [0.15, 0.2) is 0 Å². The number of carbonyl (C=O) groups is 1. The predicted octanol–water partition coefficient (Wildman–Crippen LogP) is 4.21. The fourth-order valence-corrected chi connectivity index (χ4v) is 4.21. The Balaban J connectivity index is 1.64. The van der Waals surface area contributed by atoms with Gasteiger partial charge in [-0.25, -0.2) is 0 Å². The van der Waals surface area contributed by atoms with E-state index < -0.39 is 0 Å². The molecule has 3 aromatic rings. The number of morpholine rings is 1. The number of fused-ring (bicyclic) bond motifs is 1. The van der Waals surface area contributed by atoms with Gasteiger partial charge in [0.2, 0.25) is 0 Å². The minimum absolute atomic E-state index is 0.0390. The molecule has 5 heteroatoms. The average molecular weight is 418 g/mol. The molecular weight excluding hydrogens is 386 g/mol. The highest BCUT2D eigenvalue weighted by Gasteiger charge is 2.26. The third-order valence-electron chi connectivity index (χ3n) is 6.01. The Morgan fingerprint density at radius 1 is 1.10 bits per heavy atom. The summed E-state index contributed by atoms with van der Waals surface area (Å²) >= 11 is 0. The van der Waals surface area contributed by atoms with E-state index in [4.69, 9.17) is 9.72 Å². The van der Waals surface area contributed by atoms with Crippen LogP contribution in [0.1, 0.15) is 34.1 Å². The first kappa shape index (κ1) is 21.5. The summed E-state index contributed by atoms with van der Waals surface area (Å²) in [4.78, 5) is 22.9. The Kier molecular flexibility index (Phi) is 6.64. The number of nitrogens with zero attached hydrogens (tertiary/aromatic N) is 3. The molecule has 1 unspecified atom stereocenters. The first-order valence-corrected chi connectivity index (χ1v) is 11.0. The highest BCUT2D eigenvalue weighted by molar-refractivity contribution is 5.98. The largest absolute Gasteiger partial charge is 0.379 e. The van der Waals surface area contributed by atoms with Gasteiger partial charge in [0, 0.05) is 37.6 Å². The van der Waals surface area contributed by atoms with E-state index in [1.807, 2.05) is 42.2 Å². The number of carbonyl (C=O) groups excluding carboxylic acids is 1. The summed E-state index contributed by atoms with van der Waals surface area (Å²) in [5, 5.41) is 1.00. The lowest BCUT2D eigenvalue weighted by atomic mass is 10.0. The Hall–Kier alpha value is -2.76. The third-order valence-corrected chi connectivity index (χ3v) is 6.01. The van der Waals surface area contributed by atoms with E-state index in [1.165, 1.54) is 5.56 Å². The lowest BCUT2D eigenvalue weighted by Crippen LogP contribution is -2.48. The molecule has 5 nitrogen and oxygen atoms in total. The zero-order valence-electron chi connectivity index (χ0n) is 18.7. The van der Waals surface area contributed by atoms with Crippen LogP contribution in [0.2, 0.25) is 0 Å². The highest BCUT2D eigenvalue weighted by atomic mass is 16.5. The fraction of sp³-hybridized carbons (Fsp3) is 0.385. The van der Waals surface area contributed by atoms with E-state index in [9.17, 15) is 4.79 Å². The van der Waals surface area contributed by atoms with Crippen molar-refractivity contribution in [3.05, 3.63) is 77.0 Å². The summed E-state index contributed by atoms with van der Waals surface area (Å²) in [7, 11) is 0. The lowest BCUT2D eigenvalue weighted by Gasteiger charge is -2.35. The van der Waals surface area contributed by atoms with Gasteiger partial charge in [-0.3, -0.25) is 14.7 Å². The molecular formula is C26H31N3O2. The Morgan fingerprint density at radius 2 is 1.84 bits per heavy atom. The second-order valence-electron chi connectivity index (χ2n) is 8.50. The molecule has 0 bridgehead atoms. The van der Waals surface area contributed by atoms with Crippen LogP contribution in [0.5, 0.6) is 0 Å². The second-order valence-corrected chi connectivity index (χ2v) is 8.50. The van der Waals surface area contributed by atoms with Crippen molar-refractivity contribution >= 4 is 16.8 Å². The molecule has 0 saturated carbocycles. The first-order valence-electron chi connectivity index (χ1n) is 11.0. The summed E-state index contributed by atoms with van der Waals surface area (Å²) in [5.74, 6) is 0.0390. The van der Waals surface area contributed by atoms with E-state index in [0.29, 0.717) is 12.1 Å². The molecule has 0 aliphatic carbocycles. The molecule has 1 atom stereocenters. The quantitative estimate of drug-likeness (QED) is 0.603. The minimum atomic E-state index is 0.0390. The highest BCUT2D eigenvalue weighted by Crippen LogP contribution is 2.22. The molecule has 1 saturated heterocycles. The second kappa shape index (κ2) is 9.58. The van der Waals surface area contributed by atoms with E-state index in [-0.39, 0.29) is 11.9 Å². The molecule has 1 fully saturated rings. The molecule has 0 radical (unpaired) electrons. The number of hydrogen-bond acceptors (Lipinski definition) is 4. The molecule has 4 rings (SSSR count). The van der Waals surface area contributed by atoms with Gasteiger partial charge in [-0.1, -0.05) is 42.5 Å². The maximum absolute atomic E-state index is 13.8. The van der Waals surface area contributed by atoms with Crippen LogP contribution in [0.25, 0.3) is 10.9 Å². The van der Waals surface area contributed by atoms with Crippen molar-refractivity contribution in [2.75, 3.05) is 32.8 Å². The van der Waals surface area contributed by atoms with Crippen LogP contribution in [-0.2, 0) is 11.3 Å². The molecule has 31 heavy (non-hydrogen) atoms. The van der Waals surface area contributed by atoms with E-state index in [1.54, 1.807) is 0 Å². The summed E-state index contributed by atoms with van der Waals surface area (Å²) in [6.07, 6.45) is 0. The number of pyridine rings is 1. The zero-order valence-corrected chi connectivity index (χ0v) is 18.7. The normalized spacial score (nSPS) is 15.7. The van der Waals surface area contributed by atoms with Crippen molar-refractivity contribution in [3.8, 4) is 0 Å². The van der Waals surface area contributed by atoms with Crippen molar-refractivity contribution in [2.24, 2.45) is 0 Å². The number of amides is 1. The zero-order chi connectivity index (χ0) is 21.8. The van der Waals surface area contributed by atoms with E-state index >= 15 is 0 Å². The monoisotopic (exact) mass is 417 g/mol. The molecule has 0 spiro atoms. The van der Waals surface area contributed by atoms with Gasteiger partial charge in [-0.05, 0) is 44.0 Å². The Bertz CT molecular complexity index is 1050. The van der Waals surface area contributed by atoms with Crippen LogP contribution in [0, 0.1) is 13.8 Å². The SMILES string of the molecule is Cc1ccc2cc(C(=O)N(Cc3ccccc3)C(C)CN3CCOCC3)c(C)nc2c1. The Labute approximate surface area is 184 Å². The van der Waals surface area contributed by atoms with Crippen molar-refractivity contribution in [3.63, 3.8) is 0 Å². The van der Waals surface area contributed by atoms with Crippen molar-refractivity contribution in [1.82, 2.24) is 14.8 Å². The van der Waals surface area contributed by atoms with Gasteiger partial charge in [0.1, 0.15) is 0 Å². The first-order chi connectivity index (χ1) is 15.0. The minimum Gasteiger partial charge on any atom is -0.379 e. The predicted molar refractivity (Wildman–Crippen MR) is 124 cm³/mol. The number of aromatic nitrogens is 1. The van der Waals surface area contributed by atoms with Crippen LogP contribution < -0.4 is 0 Å². The van der Waals surface area contributed by atoms with Crippen LogP contribution in [0.4, 0.5) is 0 Å². The molecule has 1 aromatic heterocycles. The summed E-state index contributed by atoms with van der Waals surface area (Å²) in [6.45, 7) is 10.9. The Morgan fingerprint density at radius 3 is 2.58 bits per heavy atom. The molecule has 1 aliphatic rings. The van der Waals surface area contributed by atoms with Crippen LogP contribution in [0.15, 0.2) is 54.6 Å². The molecule has 1 amide bonds. The summed E-state index contributed by atoms with van der Waals surface area (Å²) < 4.78 is 5.49. The molecule has 162 valence electrons. The van der Waals surface area contributed by atoms with Gasteiger partial charge in [-0.15, -0.1) is 0 Å². The summed E-state index contributed by atoms with van der Waals surface area (Å²) in [6, 6.07) is 18.5. The van der Waals surface area contributed by atoms with E-state index in [2.05, 4.69) is 43.0 Å². The van der Waals surface area contributed by atoms with E-state index in [0.717, 1.165) is 55.0 Å². The number of aryl methyl sites for hydroxylation is 2. The third kappa shape index (κ3) is 5.12. The van der Waals surface area contributed by atoms with Gasteiger partial charge >= 0.3 is 0 Å². The number of benzene rings is 2.